The van der Waals surface area contributed by atoms with Crippen molar-refractivity contribution in [2.75, 3.05) is 0 Å². The van der Waals surface area contributed by atoms with Crippen LogP contribution in [0.3, 0.4) is 0 Å². The Morgan fingerprint density at radius 1 is 1.38 bits per heavy atom. The number of aliphatic hydroxyl groups is 1. The number of hydrogen-bond acceptors (Lipinski definition) is 4. The molecule has 0 bridgehead atoms. The first-order valence-electron chi connectivity index (χ1n) is 5.05. The molecule has 0 amide bonds. The lowest BCUT2D eigenvalue weighted by Gasteiger charge is -2.14. The largest absolute Gasteiger partial charge is 0.387 e. The van der Waals surface area contributed by atoms with Gasteiger partial charge in [-0.15, -0.1) is 0 Å². The van der Waals surface area contributed by atoms with Gasteiger partial charge in [-0.05, 0) is 5.41 Å². The SMILES string of the molecule is CC(C)(C)Cc1noc(CC(O)C(F)F)n1. The normalized spacial score (nSPS) is 14.4. The van der Waals surface area contributed by atoms with Gasteiger partial charge in [-0.25, -0.2) is 8.78 Å². The minimum atomic E-state index is -2.79. The van der Waals surface area contributed by atoms with Gasteiger partial charge in [-0.2, -0.15) is 4.98 Å². The molecule has 0 saturated carbocycles. The van der Waals surface area contributed by atoms with Crippen molar-refractivity contribution in [3.63, 3.8) is 0 Å². The number of halogens is 2. The van der Waals surface area contributed by atoms with Crippen LogP contribution in [-0.2, 0) is 12.8 Å². The van der Waals surface area contributed by atoms with E-state index >= 15 is 0 Å². The van der Waals surface area contributed by atoms with Crippen LogP contribution in [0.5, 0.6) is 0 Å². The van der Waals surface area contributed by atoms with Crippen LogP contribution in [-0.4, -0.2) is 27.8 Å². The summed E-state index contributed by atoms with van der Waals surface area (Å²) >= 11 is 0. The third kappa shape index (κ3) is 4.22. The molecule has 1 aromatic rings. The molecule has 0 fully saturated rings. The third-order valence-corrected chi connectivity index (χ3v) is 1.87. The van der Waals surface area contributed by atoms with Gasteiger partial charge in [0.25, 0.3) is 6.43 Å². The van der Waals surface area contributed by atoms with Crippen LogP contribution in [0.15, 0.2) is 4.52 Å². The Balaban J connectivity index is 2.58. The van der Waals surface area contributed by atoms with Crippen LogP contribution in [0.1, 0.15) is 32.5 Å². The van der Waals surface area contributed by atoms with Crippen molar-refractivity contribution in [3.05, 3.63) is 11.7 Å². The number of aliphatic hydroxyl groups excluding tert-OH is 1. The van der Waals surface area contributed by atoms with Gasteiger partial charge in [0.15, 0.2) is 5.82 Å². The molecule has 92 valence electrons. The van der Waals surface area contributed by atoms with E-state index in [0.717, 1.165) is 0 Å². The fourth-order valence-corrected chi connectivity index (χ4v) is 1.19. The second-order valence-electron chi connectivity index (χ2n) is 4.95. The topological polar surface area (TPSA) is 59.2 Å². The molecule has 1 atom stereocenters. The standard InChI is InChI=1S/C10H16F2N2O2/c1-10(2,3)5-7-13-8(16-14-7)4-6(15)9(11)12/h6,9,15H,4-5H2,1-3H3. The van der Waals surface area contributed by atoms with Crippen LogP contribution in [0.2, 0.25) is 0 Å². The zero-order valence-electron chi connectivity index (χ0n) is 9.57. The molecule has 16 heavy (non-hydrogen) atoms. The molecule has 0 aromatic carbocycles. The summed E-state index contributed by atoms with van der Waals surface area (Å²) in [6.07, 6.45) is -4.25. The van der Waals surface area contributed by atoms with Crippen molar-refractivity contribution < 1.29 is 18.4 Å². The fraction of sp³-hybridized carbons (Fsp3) is 0.800. The Morgan fingerprint density at radius 2 is 2.00 bits per heavy atom. The maximum Gasteiger partial charge on any atom is 0.264 e. The van der Waals surface area contributed by atoms with Gasteiger partial charge < -0.3 is 9.63 Å². The van der Waals surface area contributed by atoms with E-state index in [1.54, 1.807) is 0 Å². The Hall–Kier alpha value is -1.04. The van der Waals surface area contributed by atoms with Gasteiger partial charge >= 0.3 is 0 Å². The molecule has 4 nitrogen and oxygen atoms in total. The molecule has 0 saturated heterocycles. The molecule has 0 aliphatic rings. The lowest BCUT2D eigenvalue weighted by atomic mass is 9.92. The van der Waals surface area contributed by atoms with Crippen molar-refractivity contribution in [2.24, 2.45) is 5.41 Å². The van der Waals surface area contributed by atoms with Crippen molar-refractivity contribution >= 4 is 0 Å². The highest BCUT2D eigenvalue weighted by Crippen LogP contribution is 2.19. The van der Waals surface area contributed by atoms with E-state index in [9.17, 15) is 8.78 Å². The molecule has 1 N–H and O–H groups in total. The predicted molar refractivity (Wildman–Crippen MR) is 53.2 cm³/mol. The molecular weight excluding hydrogens is 218 g/mol. The highest BCUT2D eigenvalue weighted by atomic mass is 19.3. The molecule has 1 aromatic heterocycles. The molecule has 0 spiro atoms. The lowest BCUT2D eigenvalue weighted by molar-refractivity contribution is -0.00754. The molecule has 0 aliphatic carbocycles. The van der Waals surface area contributed by atoms with Crippen LogP contribution in [0, 0.1) is 5.41 Å². The van der Waals surface area contributed by atoms with E-state index in [4.69, 9.17) is 9.63 Å². The van der Waals surface area contributed by atoms with Crippen molar-refractivity contribution in [1.82, 2.24) is 10.1 Å². The van der Waals surface area contributed by atoms with Gasteiger partial charge in [-0.1, -0.05) is 25.9 Å². The quantitative estimate of drug-likeness (QED) is 0.863. The van der Waals surface area contributed by atoms with E-state index in [0.29, 0.717) is 12.2 Å². The summed E-state index contributed by atoms with van der Waals surface area (Å²) in [6, 6.07) is 0. The Labute approximate surface area is 92.7 Å². The van der Waals surface area contributed by atoms with Crippen LogP contribution in [0.25, 0.3) is 0 Å². The summed E-state index contributed by atoms with van der Waals surface area (Å²) in [5.41, 5.74) is 0.00245. The monoisotopic (exact) mass is 234 g/mol. The number of rotatable bonds is 4. The Bertz CT molecular complexity index is 334. The summed E-state index contributed by atoms with van der Waals surface area (Å²) in [4.78, 5) is 3.95. The van der Waals surface area contributed by atoms with E-state index < -0.39 is 12.5 Å². The molecule has 0 aliphatic heterocycles. The number of nitrogens with zero attached hydrogens (tertiary/aromatic N) is 2. The summed E-state index contributed by atoms with van der Waals surface area (Å²) in [5, 5.41) is 12.6. The number of hydrogen-bond donors (Lipinski definition) is 1. The van der Waals surface area contributed by atoms with Crippen molar-refractivity contribution in [2.45, 2.75) is 46.1 Å². The van der Waals surface area contributed by atoms with Crippen LogP contribution >= 0.6 is 0 Å². The molecule has 1 unspecified atom stereocenters. The zero-order chi connectivity index (χ0) is 12.3. The fourth-order valence-electron chi connectivity index (χ4n) is 1.19. The van der Waals surface area contributed by atoms with E-state index in [2.05, 4.69) is 10.1 Å². The summed E-state index contributed by atoms with van der Waals surface area (Å²) in [6.45, 7) is 6.03. The highest BCUT2D eigenvalue weighted by Gasteiger charge is 2.22. The van der Waals surface area contributed by atoms with E-state index in [1.807, 2.05) is 20.8 Å². The first kappa shape index (κ1) is 13.0. The molecule has 6 heteroatoms. The minimum absolute atomic E-state index is 0.00245. The maximum absolute atomic E-state index is 12.1. The van der Waals surface area contributed by atoms with Crippen molar-refractivity contribution in [1.29, 1.82) is 0 Å². The van der Waals surface area contributed by atoms with E-state index in [1.165, 1.54) is 0 Å². The smallest absolute Gasteiger partial charge is 0.264 e. The number of aromatic nitrogens is 2. The predicted octanol–water partition coefficient (Wildman–Crippen LogP) is 1.83. The van der Waals surface area contributed by atoms with Gasteiger partial charge in [0.05, 0.1) is 6.42 Å². The summed E-state index contributed by atoms with van der Waals surface area (Å²) in [5.74, 6) is 0.524. The van der Waals surface area contributed by atoms with Gasteiger partial charge in [-0.3, -0.25) is 0 Å². The highest BCUT2D eigenvalue weighted by molar-refractivity contribution is 4.91. The Kier molecular flexibility index (Phi) is 3.96. The molecule has 1 rings (SSSR count). The third-order valence-electron chi connectivity index (χ3n) is 1.87. The first-order chi connectivity index (χ1) is 7.28. The van der Waals surface area contributed by atoms with Gasteiger partial charge in [0, 0.05) is 6.42 Å². The zero-order valence-corrected chi connectivity index (χ0v) is 9.57. The van der Waals surface area contributed by atoms with Crippen molar-refractivity contribution in [3.8, 4) is 0 Å². The summed E-state index contributed by atoms with van der Waals surface area (Å²) < 4.78 is 28.9. The van der Waals surface area contributed by atoms with Crippen LogP contribution in [0.4, 0.5) is 8.78 Å². The van der Waals surface area contributed by atoms with Gasteiger partial charge in [0.2, 0.25) is 5.89 Å². The minimum Gasteiger partial charge on any atom is -0.387 e. The lowest BCUT2D eigenvalue weighted by Crippen LogP contribution is -2.20. The maximum atomic E-state index is 12.1. The van der Waals surface area contributed by atoms with Crippen LogP contribution < -0.4 is 0 Å². The Morgan fingerprint density at radius 3 is 2.50 bits per heavy atom. The number of alkyl halides is 2. The second kappa shape index (κ2) is 4.86. The van der Waals surface area contributed by atoms with E-state index in [-0.39, 0.29) is 17.7 Å². The molecule has 0 radical (unpaired) electrons. The molecule has 1 heterocycles. The summed E-state index contributed by atoms with van der Waals surface area (Å²) in [7, 11) is 0. The average molecular weight is 234 g/mol. The average Bonchev–Trinajstić information content (AvgIpc) is 2.49. The molecular formula is C10H16F2N2O2. The van der Waals surface area contributed by atoms with Gasteiger partial charge in [0.1, 0.15) is 6.10 Å². The second-order valence-corrected chi connectivity index (χ2v) is 4.95. The first-order valence-corrected chi connectivity index (χ1v) is 5.05.